The summed E-state index contributed by atoms with van der Waals surface area (Å²) in [7, 11) is 3.54. The second kappa shape index (κ2) is 7.33. The molecule has 1 atom stereocenters. The van der Waals surface area contributed by atoms with Crippen LogP contribution in [0.3, 0.4) is 0 Å². The van der Waals surface area contributed by atoms with Crippen LogP contribution >= 0.6 is 24.0 Å². The fourth-order valence-electron chi connectivity index (χ4n) is 3.02. The number of aliphatic imine (C=N–C) groups is 1. The van der Waals surface area contributed by atoms with Crippen molar-refractivity contribution in [2.24, 2.45) is 10.4 Å². The second-order valence-corrected chi connectivity index (χ2v) is 6.82. The third-order valence-electron chi connectivity index (χ3n) is 4.70. The lowest BCUT2D eigenvalue weighted by Gasteiger charge is -2.25. The van der Waals surface area contributed by atoms with Crippen molar-refractivity contribution in [3.8, 4) is 0 Å². The molecule has 3 fully saturated rings. The first kappa shape index (κ1) is 17.8. The van der Waals surface area contributed by atoms with Crippen LogP contribution in [0.25, 0.3) is 0 Å². The van der Waals surface area contributed by atoms with E-state index in [1.165, 1.54) is 19.3 Å². The minimum Gasteiger partial charge on any atom is -0.381 e. The van der Waals surface area contributed by atoms with Crippen molar-refractivity contribution < 1.29 is 9.53 Å². The van der Waals surface area contributed by atoms with Crippen molar-refractivity contribution >= 4 is 35.8 Å². The first-order chi connectivity index (χ1) is 10.1. The fraction of sp³-hybridized carbons (Fsp3) is 0.867. The molecule has 3 aliphatic rings. The van der Waals surface area contributed by atoms with Crippen molar-refractivity contribution in [1.29, 1.82) is 0 Å². The van der Waals surface area contributed by atoms with Crippen molar-refractivity contribution in [3.63, 3.8) is 0 Å². The molecule has 0 radical (unpaired) electrons. The first-order valence-electron chi connectivity index (χ1n) is 7.92. The number of likely N-dealkylation sites (tertiary alicyclic amines) is 1. The van der Waals surface area contributed by atoms with Crippen molar-refractivity contribution in [3.05, 3.63) is 0 Å². The van der Waals surface area contributed by atoms with Crippen molar-refractivity contribution in [1.82, 2.24) is 15.1 Å². The molecule has 0 bridgehead atoms. The molecular weight excluding hydrogens is 395 g/mol. The molecule has 2 aliphatic heterocycles. The number of amides is 1. The zero-order chi connectivity index (χ0) is 14.9. The molecule has 22 heavy (non-hydrogen) atoms. The van der Waals surface area contributed by atoms with Gasteiger partial charge in [0.15, 0.2) is 5.96 Å². The van der Waals surface area contributed by atoms with Gasteiger partial charge in [-0.3, -0.25) is 4.79 Å². The fourth-order valence-corrected chi connectivity index (χ4v) is 3.02. The molecule has 2 saturated heterocycles. The Hall–Kier alpha value is -0.570. The zero-order valence-electron chi connectivity index (χ0n) is 13.5. The number of likely N-dealkylation sites (N-methyl/N-ethyl adjacent to an activating group) is 1. The van der Waals surface area contributed by atoms with Gasteiger partial charge in [-0.05, 0) is 25.7 Å². The van der Waals surface area contributed by atoms with Crippen LogP contribution in [0.1, 0.15) is 25.7 Å². The predicted molar refractivity (Wildman–Crippen MR) is 96.6 cm³/mol. The van der Waals surface area contributed by atoms with Crippen LogP contribution in [-0.4, -0.2) is 74.7 Å². The lowest BCUT2D eigenvalue weighted by molar-refractivity contribution is -0.127. The number of halogens is 1. The number of guanidine groups is 1. The van der Waals surface area contributed by atoms with Gasteiger partial charge in [0.1, 0.15) is 6.54 Å². The molecule has 2 heterocycles. The van der Waals surface area contributed by atoms with Crippen molar-refractivity contribution in [2.45, 2.75) is 31.7 Å². The minimum absolute atomic E-state index is 0. The van der Waals surface area contributed by atoms with Gasteiger partial charge in [-0.1, -0.05) is 0 Å². The molecule has 1 amide bonds. The van der Waals surface area contributed by atoms with Gasteiger partial charge in [-0.25, -0.2) is 4.99 Å². The van der Waals surface area contributed by atoms with Crippen LogP contribution in [0.15, 0.2) is 4.99 Å². The summed E-state index contributed by atoms with van der Waals surface area (Å²) in [5.41, 5.74) is 0.317. The molecular formula is C15H27IN4O2. The normalized spacial score (nSPS) is 27.9. The molecule has 0 aromatic heterocycles. The van der Waals surface area contributed by atoms with Gasteiger partial charge in [0.2, 0.25) is 5.91 Å². The summed E-state index contributed by atoms with van der Waals surface area (Å²) >= 11 is 0. The minimum atomic E-state index is 0. The van der Waals surface area contributed by atoms with Crippen LogP contribution in [0.2, 0.25) is 0 Å². The molecule has 1 unspecified atom stereocenters. The molecule has 1 aliphatic carbocycles. The topological polar surface area (TPSA) is 57.2 Å². The Balaban J connectivity index is 0.00000176. The molecule has 0 aromatic carbocycles. The largest absolute Gasteiger partial charge is 0.381 e. The van der Waals surface area contributed by atoms with Gasteiger partial charge in [-0.15, -0.1) is 24.0 Å². The maximum absolute atomic E-state index is 11.8. The summed E-state index contributed by atoms with van der Waals surface area (Å²) in [6.07, 6.45) is 4.74. The monoisotopic (exact) mass is 422 g/mol. The number of rotatable bonds is 3. The van der Waals surface area contributed by atoms with E-state index in [-0.39, 0.29) is 36.4 Å². The number of hydrogen-bond acceptors (Lipinski definition) is 3. The highest BCUT2D eigenvalue weighted by atomic mass is 127. The van der Waals surface area contributed by atoms with E-state index in [4.69, 9.17) is 4.74 Å². The Bertz CT molecular complexity index is 431. The van der Waals surface area contributed by atoms with E-state index in [0.717, 1.165) is 38.7 Å². The number of hydrogen-bond donors (Lipinski definition) is 1. The second-order valence-electron chi connectivity index (χ2n) is 6.82. The van der Waals surface area contributed by atoms with Crippen LogP contribution in [0.4, 0.5) is 0 Å². The summed E-state index contributed by atoms with van der Waals surface area (Å²) in [5.74, 6) is 0.958. The van der Waals surface area contributed by atoms with Gasteiger partial charge in [-0.2, -0.15) is 0 Å². The highest BCUT2D eigenvalue weighted by Crippen LogP contribution is 2.38. The number of nitrogens with zero attached hydrogens (tertiary/aromatic N) is 3. The van der Waals surface area contributed by atoms with Gasteiger partial charge >= 0.3 is 0 Å². The number of carbonyl (C=O) groups is 1. The van der Waals surface area contributed by atoms with Gasteiger partial charge in [0, 0.05) is 45.2 Å². The maximum atomic E-state index is 11.8. The summed E-state index contributed by atoms with van der Waals surface area (Å²) in [6, 6.07) is 0.551. The van der Waals surface area contributed by atoms with Crippen LogP contribution in [0.5, 0.6) is 0 Å². The summed E-state index contributed by atoms with van der Waals surface area (Å²) in [5, 5.41) is 3.50. The molecule has 6 nitrogen and oxygen atoms in total. The van der Waals surface area contributed by atoms with E-state index >= 15 is 0 Å². The average molecular weight is 422 g/mol. The molecule has 1 N–H and O–H groups in total. The van der Waals surface area contributed by atoms with E-state index in [2.05, 4.69) is 15.2 Å². The van der Waals surface area contributed by atoms with Crippen LogP contribution in [-0.2, 0) is 9.53 Å². The highest BCUT2D eigenvalue weighted by molar-refractivity contribution is 14.0. The van der Waals surface area contributed by atoms with E-state index < -0.39 is 0 Å². The lowest BCUT2D eigenvalue weighted by Crippen LogP contribution is -2.43. The molecule has 3 rings (SSSR count). The SMILES string of the molecule is CN(C)C(=O)CN=C(NC1CC1)N1CCC2(CCOC2)C1.I. The standard InChI is InChI=1S/C15H26N4O2.HI/c1-18(2)13(20)9-16-14(17-12-3-4-12)19-7-5-15(10-19)6-8-21-11-15;/h12H,3-11H2,1-2H3,(H,16,17);1H. The van der Waals surface area contributed by atoms with Gasteiger partial charge in [0.25, 0.3) is 0 Å². The predicted octanol–water partition coefficient (Wildman–Crippen LogP) is 0.913. The number of carbonyl (C=O) groups excluding carboxylic acids is 1. The summed E-state index contributed by atoms with van der Waals surface area (Å²) in [6.45, 7) is 3.99. The van der Waals surface area contributed by atoms with E-state index in [0.29, 0.717) is 11.5 Å². The molecule has 1 spiro atoms. The first-order valence-corrected chi connectivity index (χ1v) is 7.92. The van der Waals surface area contributed by atoms with Crippen LogP contribution < -0.4 is 5.32 Å². The third kappa shape index (κ3) is 4.24. The number of ether oxygens (including phenoxy) is 1. The maximum Gasteiger partial charge on any atom is 0.243 e. The van der Waals surface area contributed by atoms with E-state index in [1.807, 2.05) is 0 Å². The van der Waals surface area contributed by atoms with Gasteiger partial charge < -0.3 is 19.9 Å². The Morgan fingerprint density at radius 3 is 2.77 bits per heavy atom. The third-order valence-corrected chi connectivity index (χ3v) is 4.70. The lowest BCUT2D eigenvalue weighted by atomic mass is 9.87. The molecule has 1 saturated carbocycles. The summed E-state index contributed by atoms with van der Waals surface area (Å²) < 4.78 is 5.59. The highest BCUT2D eigenvalue weighted by Gasteiger charge is 2.42. The molecule has 126 valence electrons. The quantitative estimate of drug-likeness (QED) is 0.418. The van der Waals surface area contributed by atoms with E-state index in [1.54, 1.807) is 19.0 Å². The Morgan fingerprint density at radius 2 is 2.18 bits per heavy atom. The van der Waals surface area contributed by atoms with Crippen LogP contribution in [0, 0.1) is 5.41 Å². The zero-order valence-corrected chi connectivity index (χ0v) is 15.8. The van der Waals surface area contributed by atoms with Gasteiger partial charge in [0.05, 0.1) is 6.61 Å². The Labute approximate surface area is 149 Å². The average Bonchev–Trinajstić information content (AvgIpc) is 3.01. The Kier molecular flexibility index (Phi) is 5.93. The smallest absolute Gasteiger partial charge is 0.243 e. The van der Waals surface area contributed by atoms with E-state index in [9.17, 15) is 4.79 Å². The summed E-state index contributed by atoms with van der Waals surface area (Å²) in [4.78, 5) is 20.2. The molecule has 7 heteroatoms. The molecule has 0 aromatic rings. The number of nitrogens with one attached hydrogen (secondary N) is 1. The van der Waals surface area contributed by atoms with Crippen molar-refractivity contribution in [2.75, 3.05) is 46.9 Å². The Morgan fingerprint density at radius 1 is 1.41 bits per heavy atom.